The number of nitrogens with one attached hydrogen (secondary N) is 1. The van der Waals surface area contributed by atoms with Gasteiger partial charge in [-0.1, -0.05) is 19.1 Å². The van der Waals surface area contributed by atoms with Gasteiger partial charge in [-0.2, -0.15) is 0 Å². The van der Waals surface area contributed by atoms with Crippen LogP contribution in [0.15, 0.2) is 48.5 Å². The third-order valence-corrected chi connectivity index (χ3v) is 4.83. The minimum Gasteiger partial charge on any atom is -0.492 e. The molecule has 27 heavy (non-hydrogen) atoms. The highest BCUT2D eigenvalue weighted by Gasteiger charge is 2.16. The molecule has 1 fully saturated rings. The molecule has 4 nitrogen and oxygen atoms in total. The molecule has 3 rings (SSSR count). The van der Waals surface area contributed by atoms with Crippen molar-refractivity contribution in [2.45, 2.75) is 26.3 Å². The lowest BCUT2D eigenvalue weighted by atomic mass is 9.99. The number of amides is 1. The number of halogens is 1. The highest BCUT2D eigenvalue weighted by Crippen LogP contribution is 2.18. The van der Waals surface area contributed by atoms with Crippen LogP contribution >= 0.6 is 0 Å². The van der Waals surface area contributed by atoms with Gasteiger partial charge in [-0.05, 0) is 67.3 Å². The van der Waals surface area contributed by atoms with Crippen LogP contribution in [-0.2, 0) is 6.54 Å². The minimum absolute atomic E-state index is 0.115. The van der Waals surface area contributed by atoms with Crippen LogP contribution in [0.4, 0.5) is 4.39 Å². The van der Waals surface area contributed by atoms with E-state index in [1.54, 1.807) is 12.1 Å². The number of carbonyl (C=O) groups is 1. The molecular weight excluding hydrogens is 343 g/mol. The van der Waals surface area contributed by atoms with E-state index >= 15 is 0 Å². The topological polar surface area (TPSA) is 41.6 Å². The molecule has 1 atom stereocenters. The van der Waals surface area contributed by atoms with Crippen LogP contribution < -0.4 is 10.1 Å². The summed E-state index contributed by atoms with van der Waals surface area (Å²) in [6.45, 7) is 6.28. The Hall–Kier alpha value is -2.40. The van der Waals surface area contributed by atoms with Gasteiger partial charge in [0.15, 0.2) is 0 Å². The van der Waals surface area contributed by atoms with Gasteiger partial charge in [-0.3, -0.25) is 9.69 Å². The van der Waals surface area contributed by atoms with Crippen molar-refractivity contribution in [2.24, 2.45) is 5.92 Å². The van der Waals surface area contributed by atoms with Crippen LogP contribution in [0.2, 0.25) is 0 Å². The first-order valence-electron chi connectivity index (χ1n) is 9.58. The molecule has 0 aliphatic carbocycles. The summed E-state index contributed by atoms with van der Waals surface area (Å²) in [5, 5.41) is 2.84. The van der Waals surface area contributed by atoms with Gasteiger partial charge in [0.2, 0.25) is 0 Å². The Morgan fingerprint density at radius 1 is 1.19 bits per heavy atom. The molecule has 144 valence electrons. The zero-order chi connectivity index (χ0) is 19.1. The Morgan fingerprint density at radius 3 is 2.63 bits per heavy atom. The number of hydrogen-bond acceptors (Lipinski definition) is 3. The molecule has 0 aromatic heterocycles. The minimum atomic E-state index is -0.297. The van der Waals surface area contributed by atoms with Crippen LogP contribution in [-0.4, -0.2) is 37.0 Å². The van der Waals surface area contributed by atoms with Crippen molar-refractivity contribution in [2.75, 3.05) is 26.2 Å². The van der Waals surface area contributed by atoms with Crippen LogP contribution in [0.5, 0.6) is 5.75 Å². The van der Waals surface area contributed by atoms with E-state index < -0.39 is 0 Å². The largest absolute Gasteiger partial charge is 0.492 e. The van der Waals surface area contributed by atoms with Gasteiger partial charge in [0, 0.05) is 18.7 Å². The van der Waals surface area contributed by atoms with E-state index in [-0.39, 0.29) is 11.7 Å². The predicted octanol–water partition coefficient (Wildman–Crippen LogP) is 3.87. The molecule has 0 radical (unpaired) electrons. The summed E-state index contributed by atoms with van der Waals surface area (Å²) in [7, 11) is 0. The molecule has 1 aliphatic rings. The summed E-state index contributed by atoms with van der Waals surface area (Å²) >= 11 is 0. The third kappa shape index (κ3) is 6.07. The maximum Gasteiger partial charge on any atom is 0.251 e. The predicted molar refractivity (Wildman–Crippen MR) is 104 cm³/mol. The second-order valence-electron chi connectivity index (χ2n) is 7.24. The van der Waals surface area contributed by atoms with Crippen molar-refractivity contribution in [3.8, 4) is 5.75 Å². The highest BCUT2D eigenvalue weighted by atomic mass is 19.1. The summed E-state index contributed by atoms with van der Waals surface area (Å²) < 4.78 is 18.3. The number of rotatable bonds is 7. The first-order chi connectivity index (χ1) is 13.1. The van der Waals surface area contributed by atoms with Gasteiger partial charge in [0.05, 0.1) is 6.54 Å². The second kappa shape index (κ2) is 9.51. The van der Waals surface area contributed by atoms with Crippen LogP contribution in [0.3, 0.4) is 0 Å². The number of nitrogens with zero attached hydrogens (tertiary/aromatic N) is 1. The maximum atomic E-state index is 12.8. The number of carbonyl (C=O) groups excluding carboxylic acids is 1. The molecule has 0 bridgehead atoms. The van der Waals surface area contributed by atoms with Crippen LogP contribution in [0.1, 0.15) is 35.7 Å². The fraction of sp³-hybridized carbons (Fsp3) is 0.409. The Morgan fingerprint density at radius 2 is 1.93 bits per heavy atom. The lowest BCUT2D eigenvalue weighted by Gasteiger charge is -2.30. The van der Waals surface area contributed by atoms with Gasteiger partial charge in [-0.25, -0.2) is 4.39 Å². The molecule has 1 saturated heterocycles. The van der Waals surface area contributed by atoms with E-state index in [1.807, 2.05) is 24.3 Å². The first kappa shape index (κ1) is 19.4. The van der Waals surface area contributed by atoms with E-state index in [1.165, 1.54) is 30.5 Å². The van der Waals surface area contributed by atoms with Crippen molar-refractivity contribution >= 4 is 5.91 Å². The number of ether oxygens (including phenoxy) is 1. The fourth-order valence-electron chi connectivity index (χ4n) is 3.42. The molecular formula is C22H27FN2O2. The summed E-state index contributed by atoms with van der Waals surface area (Å²) in [4.78, 5) is 14.7. The van der Waals surface area contributed by atoms with E-state index in [0.717, 1.165) is 25.6 Å². The Kier molecular flexibility index (Phi) is 6.82. The number of likely N-dealkylation sites (tertiary alicyclic amines) is 1. The first-order valence-corrected chi connectivity index (χ1v) is 9.58. The Labute approximate surface area is 160 Å². The lowest BCUT2D eigenvalue weighted by Crippen LogP contribution is -2.33. The second-order valence-corrected chi connectivity index (χ2v) is 7.24. The molecule has 1 heterocycles. The summed E-state index contributed by atoms with van der Waals surface area (Å²) in [6.07, 6.45) is 2.59. The van der Waals surface area contributed by atoms with Crippen molar-refractivity contribution in [1.82, 2.24) is 10.2 Å². The average molecular weight is 370 g/mol. The fourth-order valence-corrected chi connectivity index (χ4v) is 3.42. The molecule has 0 spiro atoms. The standard InChI is InChI=1S/C22H27FN2O2/c1-17-3-2-13-25(15-17)16-18-4-6-19(7-5-18)22(26)24-12-14-27-21-10-8-20(23)9-11-21/h4-11,17H,2-3,12-16H2,1H3,(H,24,26)/t17-/m1/s1. The van der Waals surface area contributed by atoms with Gasteiger partial charge in [0.25, 0.3) is 5.91 Å². The SMILES string of the molecule is C[C@@H]1CCCN(Cc2ccc(C(=O)NCCOc3ccc(F)cc3)cc2)C1. The summed E-state index contributed by atoms with van der Waals surface area (Å²) in [5.74, 6) is 0.938. The molecule has 0 unspecified atom stereocenters. The highest BCUT2D eigenvalue weighted by molar-refractivity contribution is 5.94. The maximum absolute atomic E-state index is 12.8. The molecule has 2 aromatic rings. The van der Waals surface area contributed by atoms with Crippen molar-refractivity contribution in [3.05, 3.63) is 65.5 Å². The zero-order valence-corrected chi connectivity index (χ0v) is 15.8. The van der Waals surface area contributed by atoms with E-state index in [4.69, 9.17) is 4.74 Å². The molecule has 5 heteroatoms. The lowest BCUT2D eigenvalue weighted by molar-refractivity contribution is 0.0947. The van der Waals surface area contributed by atoms with Crippen molar-refractivity contribution in [1.29, 1.82) is 0 Å². The molecule has 1 N–H and O–H groups in total. The van der Waals surface area contributed by atoms with Crippen molar-refractivity contribution in [3.63, 3.8) is 0 Å². The third-order valence-electron chi connectivity index (χ3n) is 4.83. The van der Waals surface area contributed by atoms with Gasteiger partial charge < -0.3 is 10.1 Å². The van der Waals surface area contributed by atoms with Gasteiger partial charge in [0.1, 0.15) is 18.2 Å². The molecule has 0 saturated carbocycles. The summed E-state index contributed by atoms with van der Waals surface area (Å²) in [6, 6.07) is 13.6. The zero-order valence-electron chi connectivity index (χ0n) is 15.8. The van der Waals surface area contributed by atoms with Gasteiger partial charge in [-0.15, -0.1) is 0 Å². The normalized spacial score (nSPS) is 17.5. The van der Waals surface area contributed by atoms with E-state index in [2.05, 4.69) is 17.1 Å². The quantitative estimate of drug-likeness (QED) is 0.753. The van der Waals surface area contributed by atoms with E-state index in [0.29, 0.717) is 24.5 Å². The van der Waals surface area contributed by atoms with Crippen LogP contribution in [0, 0.1) is 11.7 Å². The van der Waals surface area contributed by atoms with Crippen molar-refractivity contribution < 1.29 is 13.9 Å². The number of benzene rings is 2. The van der Waals surface area contributed by atoms with Gasteiger partial charge >= 0.3 is 0 Å². The number of piperidine rings is 1. The molecule has 1 aliphatic heterocycles. The Balaban J connectivity index is 1.41. The summed E-state index contributed by atoms with van der Waals surface area (Å²) in [5.41, 5.74) is 1.88. The molecule has 1 amide bonds. The van der Waals surface area contributed by atoms with Crippen LogP contribution in [0.25, 0.3) is 0 Å². The monoisotopic (exact) mass is 370 g/mol. The smallest absolute Gasteiger partial charge is 0.251 e. The average Bonchev–Trinajstić information content (AvgIpc) is 2.67. The molecule has 2 aromatic carbocycles. The van der Waals surface area contributed by atoms with E-state index in [9.17, 15) is 9.18 Å². The Bertz CT molecular complexity index is 731. The number of hydrogen-bond donors (Lipinski definition) is 1.